The molecule has 0 spiro atoms. The fourth-order valence-corrected chi connectivity index (χ4v) is 4.15. The summed E-state index contributed by atoms with van der Waals surface area (Å²) >= 11 is 3.43. The van der Waals surface area contributed by atoms with Gasteiger partial charge in [0, 0.05) is 35.1 Å². The van der Waals surface area contributed by atoms with Gasteiger partial charge in [-0.1, -0.05) is 83.5 Å². The van der Waals surface area contributed by atoms with Crippen molar-refractivity contribution in [1.82, 2.24) is 10.2 Å². The van der Waals surface area contributed by atoms with Crippen LogP contribution in [0.3, 0.4) is 0 Å². The van der Waals surface area contributed by atoms with E-state index in [0.29, 0.717) is 12.0 Å². The van der Waals surface area contributed by atoms with E-state index >= 15 is 0 Å². The average Bonchev–Trinajstić information content (AvgIpc) is 2.87. The molecule has 0 aliphatic carbocycles. The SMILES string of the molecule is CCC(C)NC(=O)C(Cc1ccccc1)N(Cc1ccc(Br)cc1)C(=O)Cc1ccccc1[N+](=O)[O-]. The molecule has 36 heavy (non-hydrogen) atoms. The lowest BCUT2D eigenvalue weighted by atomic mass is 10.0. The number of nitro groups is 1. The monoisotopic (exact) mass is 551 g/mol. The first-order chi connectivity index (χ1) is 17.3. The van der Waals surface area contributed by atoms with Gasteiger partial charge in [-0.15, -0.1) is 0 Å². The van der Waals surface area contributed by atoms with Gasteiger partial charge in [-0.05, 0) is 36.6 Å². The molecule has 3 rings (SSSR count). The van der Waals surface area contributed by atoms with Crippen molar-refractivity contribution in [3.63, 3.8) is 0 Å². The number of hydrogen-bond donors (Lipinski definition) is 1. The summed E-state index contributed by atoms with van der Waals surface area (Å²) in [5, 5.41) is 14.6. The first-order valence-corrected chi connectivity index (χ1v) is 12.7. The predicted octanol–water partition coefficient (Wildman–Crippen LogP) is 5.45. The molecule has 0 aromatic heterocycles. The molecule has 0 saturated heterocycles. The summed E-state index contributed by atoms with van der Waals surface area (Å²) in [7, 11) is 0. The number of para-hydroxylation sites is 1. The molecule has 3 aromatic rings. The minimum Gasteiger partial charge on any atom is -0.352 e. The molecule has 2 unspecified atom stereocenters. The van der Waals surface area contributed by atoms with E-state index in [9.17, 15) is 19.7 Å². The third-order valence-corrected chi connectivity index (χ3v) is 6.60. The number of halogens is 1. The van der Waals surface area contributed by atoms with Crippen LogP contribution in [0.2, 0.25) is 0 Å². The number of nitro benzene ring substituents is 1. The Hall–Kier alpha value is -3.52. The van der Waals surface area contributed by atoms with Crippen LogP contribution in [0.5, 0.6) is 0 Å². The Labute approximate surface area is 219 Å². The molecule has 188 valence electrons. The predicted molar refractivity (Wildman–Crippen MR) is 143 cm³/mol. The van der Waals surface area contributed by atoms with Crippen LogP contribution in [-0.2, 0) is 29.0 Å². The Morgan fingerprint density at radius 3 is 2.25 bits per heavy atom. The molecule has 0 radical (unpaired) electrons. The number of benzene rings is 3. The summed E-state index contributed by atoms with van der Waals surface area (Å²) in [5.41, 5.74) is 1.97. The van der Waals surface area contributed by atoms with E-state index in [1.807, 2.05) is 68.4 Å². The summed E-state index contributed by atoms with van der Waals surface area (Å²) in [5.74, 6) is -0.603. The summed E-state index contributed by atoms with van der Waals surface area (Å²) in [6, 6.07) is 22.4. The lowest BCUT2D eigenvalue weighted by molar-refractivity contribution is -0.385. The molecule has 1 N–H and O–H groups in total. The summed E-state index contributed by atoms with van der Waals surface area (Å²) in [6.07, 6.45) is 0.887. The van der Waals surface area contributed by atoms with Crippen LogP contribution < -0.4 is 5.32 Å². The number of carbonyl (C=O) groups is 2. The zero-order valence-corrected chi connectivity index (χ0v) is 22.0. The molecule has 0 fully saturated rings. The first-order valence-electron chi connectivity index (χ1n) is 11.9. The third kappa shape index (κ3) is 7.49. The lowest BCUT2D eigenvalue weighted by Crippen LogP contribution is -2.52. The van der Waals surface area contributed by atoms with Crippen molar-refractivity contribution in [2.45, 2.75) is 51.7 Å². The number of nitrogens with one attached hydrogen (secondary N) is 1. The zero-order chi connectivity index (χ0) is 26.1. The Kier molecular flexibility index (Phi) is 9.76. The van der Waals surface area contributed by atoms with Crippen molar-refractivity contribution in [2.24, 2.45) is 0 Å². The second-order valence-electron chi connectivity index (χ2n) is 8.73. The molecule has 2 atom stereocenters. The van der Waals surface area contributed by atoms with E-state index in [-0.39, 0.29) is 36.5 Å². The van der Waals surface area contributed by atoms with Gasteiger partial charge in [-0.3, -0.25) is 19.7 Å². The van der Waals surface area contributed by atoms with Gasteiger partial charge < -0.3 is 10.2 Å². The van der Waals surface area contributed by atoms with Crippen LogP contribution in [0.4, 0.5) is 5.69 Å². The van der Waals surface area contributed by atoms with E-state index in [4.69, 9.17) is 0 Å². The molecule has 0 saturated carbocycles. The van der Waals surface area contributed by atoms with Crippen molar-refractivity contribution in [2.75, 3.05) is 0 Å². The van der Waals surface area contributed by atoms with Gasteiger partial charge in [0.15, 0.2) is 0 Å². The van der Waals surface area contributed by atoms with E-state index in [0.717, 1.165) is 22.0 Å². The highest BCUT2D eigenvalue weighted by atomic mass is 79.9. The molecule has 3 aromatic carbocycles. The second kappa shape index (κ2) is 13.0. The summed E-state index contributed by atoms with van der Waals surface area (Å²) in [4.78, 5) is 39.9. The first kappa shape index (κ1) is 27.1. The molecule has 2 amide bonds. The molecular formula is C28H30BrN3O4. The van der Waals surface area contributed by atoms with Crippen molar-refractivity contribution < 1.29 is 14.5 Å². The van der Waals surface area contributed by atoms with Gasteiger partial charge in [0.2, 0.25) is 11.8 Å². The molecule has 0 aliphatic rings. The van der Waals surface area contributed by atoms with Crippen molar-refractivity contribution in [1.29, 1.82) is 0 Å². The van der Waals surface area contributed by atoms with E-state index in [1.165, 1.54) is 6.07 Å². The van der Waals surface area contributed by atoms with Crippen molar-refractivity contribution >= 4 is 33.4 Å². The van der Waals surface area contributed by atoms with Crippen molar-refractivity contribution in [3.8, 4) is 0 Å². The Balaban J connectivity index is 2.01. The summed E-state index contributed by atoms with van der Waals surface area (Å²) in [6.45, 7) is 4.10. The van der Waals surface area contributed by atoms with Gasteiger partial charge in [-0.25, -0.2) is 0 Å². The van der Waals surface area contributed by atoms with Crippen LogP contribution in [0.1, 0.15) is 37.0 Å². The summed E-state index contributed by atoms with van der Waals surface area (Å²) < 4.78 is 0.902. The van der Waals surface area contributed by atoms with Gasteiger partial charge in [0.25, 0.3) is 5.69 Å². The average molecular weight is 552 g/mol. The number of hydrogen-bond acceptors (Lipinski definition) is 4. The lowest BCUT2D eigenvalue weighted by Gasteiger charge is -2.32. The maximum absolute atomic E-state index is 13.8. The maximum atomic E-state index is 13.8. The minimum atomic E-state index is -0.791. The normalized spacial score (nSPS) is 12.4. The van der Waals surface area contributed by atoms with Crippen molar-refractivity contribution in [3.05, 3.63) is 110 Å². The highest BCUT2D eigenvalue weighted by Gasteiger charge is 2.32. The van der Waals surface area contributed by atoms with Crippen LogP contribution in [0, 0.1) is 10.1 Å². The van der Waals surface area contributed by atoms with Crippen LogP contribution in [0.15, 0.2) is 83.3 Å². The molecule has 0 aliphatic heterocycles. The second-order valence-corrected chi connectivity index (χ2v) is 9.65. The van der Waals surface area contributed by atoms with Crippen LogP contribution in [0.25, 0.3) is 0 Å². The molecule has 7 nitrogen and oxygen atoms in total. The van der Waals surface area contributed by atoms with Gasteiger partial charge in [0.1, 0.15) is 6.04 Å². The quantitative estimate of drug-likeness (QED) is 0.253. The number of nitrogens with zero attached hydrogens (tertiary/aromatic N) is 2. The van der Waals surface area contributed by atoms with Gasteiger partial charge in [0.05, 0.1) is 11.3 Å². The number of rotatable bonds is 11. The topological polar surface area (TPSA) is 92.6 Å². The molecule has 0 heterocycles. The van der Waals surface area contributed by atoms with Crippen LogP contribution >= 0.6 is 15.9 Å². The third-order valence-electron chi connectivity index (χ3n) is 6.07. The fraction of sp³-hybridized carbons (Fsp3) is 0.286. The van der Waals surface area contributed by atoms with Gasteiger partial charge in [-0.2, -0.15) is 0 Å². The van der Waals surface area contributed by atoms with Crippen LogP contribution in [-0.4, -0.2) is 33.7 Å². The molecule has 8 heteroatoms. The standard InChI is InChI=1S/C28H30BrN3O4/c1-3-20(2)30-28(34)26(17-21-9-5-4-6-10-21)31(19-22-13-15-24(29)16-14-22)27(33)18-23-11-7-8-12-25(23)32(35)36/h4-16,20,26H,3,17-19H2,1-2H3,(H,30,34). The molecule has 0 bridgehead atoms. The smallest absolute Gasteiger partial charge is 0.273 e. The Morgan fingerprint density at radius 1 is 0.972 bits per heavy atom. The maximum Gasteiger partial charge on any atom is 0.273 e. The number of amides is 2. The Morgan fingerprint density at radius 2 is 1.61 bits per heavy atom. The highest BCUT2D eigenvalue weighted by Crippen LogP contribution is 2.22. The van der Waals surface area contributed by atoms with Gasteiger partial charge >= 0.3 is 0 Å². The van der Waals surface area contributed by atoms with E-state index in [2.05, 4.69) is 21.2 Å². The largest absolute Gasteiger partial charge is 0.352 e. The molecular weight excluding hydrogens is 522 g/mol. The fourth-order valence-electron chi connectivity index (χ4n) is 3.88. The zero-order valence-electron chi connectivity index (χ0n) is 20.4. The Bertz CT molecular complexity index is 1180. The number of carbonyl (C=O) groups excluding carboxylic acids is 2. The minimum absolute atomic E-state index is 0.0596. The highest BCUT2D eigenvalue weighted by molar-refractivity contribution is 9.10. The van der Waals surface area contributed by atoms with E-state index < -0.39 is 11.0 Å². The van der Waals surface area contributed by atoms with E-state index in [1.54, 1.807) is 23.1 Å².